The van der Waals surface area contributed by atoms with Crippen LogP contribution in [-0.2, 0) is 20.2 Å². The van der Waals surface area contributed by atoms with E-state index in [0.717, 1.165) is 17.4 Å². The zero-order valence-corrected chi connectivity index (χ0v) is 19.0. The maximum absolute atomic E-state index is 12.9. The number of hydrogen-bond acceptors (Lipinski definition) is 5. The molecule has 1 aliphatic heterocycles. The summed E-state index contributed by atoms with van der Waals surface area (Å²) in [5.41, 5.74) is 2.72. The van der Waals surface area contributed by atoms with Gasteiger partial charge >= 0.3 is 0 Å². The quantitative estimate of drug-likeness (QED) is 0.800. The lowest BCUT2D eigenvalue weighted by Crippen LogP contribution is -2.48. The number of sulfonamides is 1. The number of aryl methyl sites for hydroxylation is 1. The zero-order valence-electron chi connectivity index (χ0n) is 18.1. The van der Waals surface area contributed by atoms with Gasteiger partial charge in [0.2, 0.25) is 10.0 Å². The number of carbonyl (C=O) groups is 1. The lowest BCUT2D eigenvalue weighted by Gasteiger charge is -2.35. The highest BCUT2D eigenvalue weighted by atomic mass is 32.2. The van der Waals surface area contributed by atoms with E-state index in [4.69, 9.17) is 9.47 Å². The predicted octanol–water partition coefficient (Wildman–Crippen LogP) is 3.47. The van der Waals surface area contributed by atoms with Crippen molar-refractivity contribution in [3.8, 4) is 11.5 Å². The number of ether oxygens (including phenoxy) is 2. The van der Waals surface area contributed by atoms with Crippen LogP contribution in [-0.4, -0.2) is 40.3 Å². The van der Waals surface area contributed by atoms with Crippen molar-refractivity contribution in [1.82, 2.24) is 0 Å². The van der Waals surface area contributed by atoms with Crippen LogP contribution in [0.3, 0.4) is 0 Å². The minimum absolute atomic E-state index is 0.112. The molecule has 0 saturated carbocycles. The van der Waals surface area contributed by atoms with Crippen molar-refractivity contribution < 1.29 is 22.7 Å². The Morgan fingerprint density at radius 3 is 2.50 bits per heavy atom. The van der Waals surface area contributed by atoms with E-state index in [-0.39, 0.29) is 12.0 Å². The Bertz CT molecular complexity index is 1070. The molecule has 0 fully saturated rings. The third kappa shape index (κ3) is 4.53. The smallest absolute Gasteiger partial charge is 0.267 e. The van der Waals surface area contributed by atoms with Crippen LogP contribution >= 0.6 is 0 Å². The third-order valence-corrected chi connectivity index (χ3v) is 6.15. The fourth-order valence-corrected chi connectivity index (χ4v) is 4.21. The van der Waals surface area contributed by atoms with Crippen LogP contribution in [0, 0.1) is 6.92 Å². The van der Waals surface area contributed by atoms with Crippen molar-refractivity contribution >= 4 is 27.3 Å². The van der Waals surface area contributed by atoms with Gasteiger partial charge in [0.25, 0.3) is 5.91 Å². The molecule has 2 aromatic rings. The minimum Gasteiger partial charge on any atom is -0.495 e. The van der Waals surface area contributed by atoms with Crippen molar-refractivity contribution in [2.24, 2.45) is 0 Å². The van der Waals surface area contributed by atoms with Crippen molar-refractivity contribution in [3.05, 3.63) is 47.5 Å². The van der Waals surface area contributed by atoms with Crippen LogP contribution in [0.25, 0.3) is 0 Å². The molecule has 1 atom stereocenters. The second kappa shape index (κ2) is 7.83. The highest BCUT2D eigenvalue weighted by Gasteiger charge is 2.36. The van der Waals surface area contributed by atoms with Gasteiger partial charge in [-0.3, -0.25) is 9.10 Å². The normalized spacial score (nSPS) is 16.5. The molecule has 1 amide bonds. The molecule has 0 aromatic heterocycles. The van der Waals surface area contributed by atoms with Gasteiger partial charge in [0.15, 0.2) is 6.10 Å². The zero-order chi connectivity index (χ0) is 22.3. The number of amides is 1. The van der Waals surface area contributed by atoms with Gasteiger partial charge in [0, 0.05) is 0 Å². The molecule has 0 saturated heterocycles. The summed E-state index contributed by atoms with van der Waals surface area (Å²) in [5.74, 6) is 0.425. The molecule has 0 aliphatic carbocycles. The van der Waals surface area contributed by atoms with E-state index in [2.05, 4.69) is 26.1 Å². The fourth-order valence-electron chi connectivity index (χ4n) is 3.30. The van der Waals surface area contributed by atoms with Crippen molar-refractivity contribution in [3.63, 3.8) is 0 Å². The van der Waals surface area contributed by atoms with Crippen LogP contribution in [0.15, 0.2) is 36.4 Å². The molecule has 1 aliphatic rings. The average molecular weight is 433 g/mol. The van der Waals surface area contributed by atoms with E-state index in [1.807, 2.05) is 25.1 Å². The Morgan fingerprint density at radius 1 is 1.20 bits per heavy atom. The number of rotatable bonds is 4. The highest BCUT2D eigenvalue weighted by molar-refractivity contribution is 7.92. The van der Waals surface area contributed by atoms with Crippen molar-refractivity contribution in [2.75, 3.05) is 29.5 Å². The Hall–Kier alpha value is -2.74. The molecule has 162 valence electrons. The molecule has 0 radical (unpaired) electrons. The first-order chi connectivity index (χ1) is 13.9. The molecule has 2 aromatic carbocycles. The Labute approximate surface area is 178 Å². The van der Waals surface area contributed by atoms with E-state index in [9.17, 15) is 13.2 Å². The van der Waals surface area contributed by atoms with Gasteiger partial charge in [-0.05, 0) is 47.7 Å². The highest BCUT2D eigenvalue weighted by Crippen LogP contribution is 2.39. The molecule has 3 rings (SSSR count). The molecule has 8 heteroatoms. The standard InChI is InChI=1S/C22H28N2O5S/c1-14-7-9-18(28-5)16(11-14)23-21(25)20-13-24(30(6,26)27)17-12-15(22(2,3)4)8-10-19(17)29-20/h7-12,20H,13H2,1-6H3,(H,23,25). The second-order valence-electron chi connectivity index (χ2n) is 8.53. The monoisotopic (exact) mass is 432 g/mol. The number of fused-ring (bicyclic) bond motifs is 1. The molecular weight excluding hydrogens is 404 g/mol. The number of benzene rings is 2. The molecular formula is C22H28N2O5S. The van der Waals surface area contributed by atoms with E-state index in [1.165, 1.54) is 11.4 Å². The Balaban J connectivity index is 1.94. The molecule has 1 heterocycles. The summed E-state index contributed by atoms with van der Waals surface area (Å²) in [4.78, 5) is 12.9. The second-order valence-corrected chi connectivity index (χ2v) is 10.4. The summed E-state index contributed by atoms with van der Waals surface area (Å²) >= 11 is 0. The average Bonchev–Trinajstić information content (AvgIpc) is 2.65. The lowest BCUT2D eigenvalue weighted by molar-refractivity contribution is -0.122. The summed E-state index contributed by atoms with van der Waals surface area (Å²) in [7, 11) is -2.09. The maximum atomic E-state index is 12.9. The van der Waals surface area contributed by atoms with Crippen LogP contribution in [0.2, 0.25) is 0 Å². The van der Waals surface area contributed by atoms with E-state index in [0.29, 0.717) is 22.9 Å². The third-order valence-electron chi connectivity index (χ3n) is 5.00. The van der Waals surface area contributed by atoms with Gasteiger partial charge < -0.3 is 14.8 Å². The topological polar surface area (TPSA) is 84.9 Å². The van der Waals surface area contributed by atoms with Crippen LogP contribution < -0.4 is 19.1 Å². The Morgan fingerprint density at radius 2 is 1.90 bits per heavy atom. The van der Waals surface area contributed by atoms with Gasteiger partial charge in [-0.1, -0.05) is 32.9 Å². The molecule has 30 heavy (non-hydrogen) atoms. The minimum atomic E-state index is -3.61. The van der Waals surface area contributed by atoms with Gasteiger partial charge in [-0.2, -0.15) is 0 Å². The summed E-state index contributed by atoms with van der Waals surface area (Å²) in [6, 6.07) is 10.9. The molecule has 1 N–H and O–H groups in total. The number of hydrogen-bond donors (Lipinski definition) is 1. The van der Waals surface area contributed by atoms with Crippen LogP contribution in [0.4, 0.5) is 11.4 Å². The van der Waals surface area contributed by atoms with Crippen LogP contribution in [0.1, 0.15) is 31.9 Å². The fraction of sp³-hybridized carbons (Fsp3) is 0.409. The van der Waals surface area contributed by atoms with Gasteiger partial charge in [0.05, 0.1) is 31.3 Å². The first kappa shape index (κ1) is 22.0. The van der Waals surface area contributed by atoms with Crippen LogP contribution in [0.5, 0.6) is 11.5 Å². The SMILES string of the molecule is COc1ccc(C)cc1NC(=O)C1CN(S(C)(=O)=O)c2cc(C(C)(C)C)ccc2O1. The number of anilines is 2. The lowest BCUT2D eigenvalue weighted by atomic mass is 9.86. The number of nitrogens with zero attached hydrogens (tertiary/aromatic N) is 1. The summed E-state index contributed by atoms with van der Waals surface area (Å²) in [5, 5.41) is 2.80. The predicted molar refractivity (Wildman–Crippen MR) is 118 cm³/mol. The number of nitrogens with one attached hydrogen (secondary N) is 1. The molecule has 1 unspecified atom stereocenters. The summed E-state index contributed by atoms with van der Waals surface area (Å²) < 4.78 is 37.4. The summed E-state index contributed by atoms with van der Waals surface area (Å²) in [6.45, 7) is 7.94. The first-order valence-electron chi connectivity index (χ1n) is 9.64. The maximum Gasteiger partial charge on any atom is 0.267 e. The van der Waals surface area contributed by atoms with Crippen molar-refractivity contribution in [1.29, 1.82) is 0 Å². The van der Waals surface area contributed by atoms with Crippen molar-refractivity contribution in [2.45, 2.75) is 39.2 Å². The van der Waals surface area contributed by atoms with E-state index >= 15 is 0 Å². The molecule has 0 bridgehead atoms. The molecule has 7 nitrogen and oxygen atoms in total. The number of methoxy groups -OCH3 is 1. The van der Waals surface area contributed by atoms with Gasteiger partial charge in [-0.25, -0.2) is 8.42 Å². The molecule has 0 spiro atoms. The largest absolute Gasteiger partial charge is 0.495 e. The Kier molecular flexibility index (Phi) is 5.73. The van der Waals surface area contributed by atoms with Gasteiger partial charge in [0.1, 0.15) is 11.5 Å². The van der Waals surface area contributed by atoms with E-state index in [1.54, 1.807) is 18.2 Å². The summed E-state index contributed by atoms with van der Waals surface area (Å²) in [6.07, 6.45) is 0.127. The van der Waals surface area contributed by atoms with E-state index < -0.39 is 22.0 Å². The first-order valence-corrected chi connectivity index (χ1v) is 11.5. The number of carbonyl (C=O) groups excluding carboxylic acids is 1. The van der Waals surface area contributed by atoms with Gasteiger partial charge in [-0.15, -0.1) is 0 Å².